The molecule has 0 aromatic heterocycles. The quantitative estimate of drug-likeness (QED) is 0.762. The number of fused-ring (bicyclic) bond motifs is 1. The first-order chi connectivity index (χ1) is 14.5. The molecule has 2 heterocycles. The normalized spacial score (nSPS) is 16.0. The van der Waals surface area contributed by atoms with Crippen molar-refractivity contribution in [2.24, 2.45) is 0 Å². The molecule has 2 aliphatic rings. The summed E-state index contributed by atoms with van der Waals surface area (Å²) in [5.74, 6) is 0.00341. The number of carbonyl (C=O) groups is 3. The van der Waals surface area contributed by atoms with Crippen LogP contribution in [0.15, 0.2) is 42.5 Å². The van der Waals surface area contributed by atoms with Gasteiger partial charge in [0.2, 0.25) is 11.8 Å². The van der Waals surface area contributed by atoms with E-state index in [-0.39, 0.29) is 30.1 Å². The molecule has 1 saturated heterocycles. The molecular weight excluding hydrogens is 416 g/mol. The molecule has 2 aromatic carbocycles. The molecule has 3 amide bonds. The fraction of sp³-hybridized carbons (Fsp3) is 0.348. The van der Waals surface area contributed by atoms with Crippen LogP contribution in [0, 0.1) is 0 Å². The first-order valence-electron chi connectivity index (χ1n) is 10.3. The third-order valence-electron chi connectivity index (χ3n) is 5.59. The van der Waals surface area contributed by atoms with E-state index in [9.17, 15) is 14.4 Å². The minimum atomic E-state index is -0.0767. The Balaban J connectivity index is 0.00000272. The van der Waals surface area contributed by atoms with E-state index in [4.69, 9.17) is 0 Å². The Kier molecular flexibility index (Phi) is 7.30. The number of amides is 3. The zero-order valence-corrected chi connectivity index (χ0v) is 18.3. The van der Waals surface area contributed by atoms with Crippen LogP contribution in [-0.2, 0) is 22.6 Å². The first-order valence-corrected chi connectivity index (χ1v) is 10.3. The summed E-state index contributed by atoms with van der Waals surface area (Å²) in [6.07, 6.45) is 1.14. The van der Waals surface area contributed by atoms with E-state index in [1.807, 2.05) is 41.3 Å². The number of benzene rings is 2. The third kappa shape index (κ3) is 5.62. The molecule has 0 unspecified atom stereocenters. The number of hydrogen-bond donors (Lipinski definition) is 2. The maximum atomic E-state index is 12.9. The number of anilines is 2. The van der Waals surface area contributed by atoms with Crippen molar-refractivity contribution in [3.63, 3.8) is 0 Å². The van der Waals surface area contributed by atoms with Gasteiger partial charge in [0, 0.05) is 63.0 Å². The molecule has 0 bridgehead atoms. The standard InChI is InChI=1S/C23H26N4O3.ClH/c1-16(28)24-20-6-2-17(3-7-20)15-26-10-12-27(13-11-26)23(30)19-4-8-21-18(14-19)5-9-22(29)25-21;/h2-4,6-8,14H,5,9-13,15H2,1H3,(H,24,28)(H,25,29);1H. The zero-order valence-electron chi connectivity index (χ0n) is 17.5. The molecule has 0 spiro atoms. The highest BCUT2D eigenvalue weighted by atomic mass is 35.5. The third-order valence-corrected chi connectivity index (χ3v) is 5.59. The van der Waals surface area contributed by atoms with Crippen LogP contribution in [0.1, 0.15) is 34.8 Å². The smallest absolute Gasteiger partial charge is 0.253 e. The van der Waals surface area contributed by atoms with E-state index < -0.39 is 0 Å². The average Bonchev–Trinajstić information content (AvgIpc) is 2.74. The Hall–Kier alpha value is -2.90. The summed E-state index contributed by atoms with van der Waals surface area (Å²) < 4.78 is 0. The molecule has 0 atom stereocenters. The number of rotatable bonds is 4. The molecular formula is C23H27ClN4O3. The van der Waals surface area contributed by atoms with E-state index in [2.05, 4.69) is 15.5 Å². The van der Waals surface area contributed by atoms with Crippen LogP contribution >= 0.6 is 12.4 Å². The predicted molar refractivity (Wildman–Crippen MR) is 123 cm³/mol. The maximum absolute atomic E-state index is 12.9. The Morgan fingerprint density at radius 1 is 1.00 bits per heavy atom. The molecule has 164 valence electrons. The van der Waals surface area contributed by atoms with Crippen molar-refractivity contribution in [2.45, 2.75) is 26.3 Å². The second-order valence-corrected chi connectivity index (χ2v) is 7.87. The van der Waals surface area contributed by atoms with Gasteiger partial charge in [-0.15, -0.1) is 12.4 Å². The molecule has 8 heteroatoms. The van der Waals surface area contributed by atoms with Crippen molar-refractivity contribution in [3.8, 4) is 0 Å². The second-order valence-electron chi connectivity index (χ2n) is 7.87. The van der Waals surface area contributed by atoms with Gasteiger partial charge in [0.05, 0.1) is 0 Å². The Bertz CT molecular complexity index is 969. The van der Waals surface area contributed by atoms with Gasteiger partial charge >= 0.3 is 0 Å². The minimum Gasteiger partial charge on any atom is -0.336 e. The summed E-state index contributed by atoms with van der Waals surface area (Å²) >= 11 is 0. The topological polar surface area (TPSA) is 81.8 Å². The van der Waals surface area contributed by atoms with Gasteiger partial charge < -0.3 is 15.5 Å². The van der Waals surface area contributed by atoms with E-state index in [1.165, 1.54) is 12.5 Å². The van der Waals surface area contributed by atoms with E-state index in [0.717, 1.165) is 36.6 Å². The molecule has 4 rings (SSSR count). The van der Waals surface area contributed by atoms with Crippen molar-refractivity contribution in [2.75, 3.05) is 36.8 Å². The lowest BCUT2D eigenvalue weighted by Gasteiger charge is -2.35. The van der Waals surface area contributed by atoms with Gasteiger partial charge in [-0.25, -0.2) is 0 Å². The monoisotopic (exact) mass is 442 g/mol. The van der Waals surface area contributed by atoms with Gasteiger partial charge in [-0.1, -0.05) is 12.1 Å². The average molecular weight is 443 g/mol. The SMILES string of the molecule is CC(=O)Nc1ccc(CN2CCN(C(=O)c3ccc4c(c3)CCC(=O)N4)CC2)cc1.Cl. The fourth-order valence-electron chi connectivity index (χ4n) is 3.96. The fourth-order valence-corrected chi connectivity index (χ4v) is 3.96. The highest BCUT2D eigenvalue weighted by Crippen LogP contribution is 2.24. The molecule has 0 aliphatic carbocycles. The summed E-state index contributed by atoms with van der Waals surface area (Å²) in [5.41, 5.74) is 4.51. The second kappa shape index (κ2) is 9.94. The number of aryl methyl sites for hydroxylation is 1. The van der Waals surface area contributed by atoms with Crippen molar-refractivity contribution < 1.29 is 14.4 Å². The lowest BCUT2D eigenvalue weighted by molar-refractivity contribution is -0.116. The van der Waals surface area contributed by atoms with Crippen molar-refractivity contribution in [1.29, 1.82) is 0 Å². The van der Waals surface area contributed by atoms with E-state index in [1.54, 1.807) is 6.07 Å². The first kappa shape index (κ1) is 22.8. The summed E-state index contributed by atoms with van der Waals surface area (Å²) in [7, 11) is 0. The Morgan fingerprint density at radius 3 is 2.39 bits per heavy atom. The van der Waals surface area contributed by atoms with Crippen molar-refractivity contribution in [1.82, 2.24) is 9.80 Å². The predicted octanol–water partition coefficient (Wildman–Crippen LogP) is 2.91. The van der Waals surface area contributed by atoms with Crippen LogP contribution in [0.25, 0.3) is 0 Å². The molecule has 0 saturated carbocycles. The molecule has 7 nitrogen and oxygen atoms in total. The molecule has 2 aliphatic heterocycles. The van der Waals surface area contributed by atoms with Crippen molar-refractivity contribution in [3.05, 3.63) is 59.2 Å². The number of carbonyl (C=O) groups excluding carboxylic acids is 3. The summed E-state index contributed by atoms with van der Waals surface area (Å²) in [6, 6.07) is 13.4. The highest BCUT2D eigenvalue weighted by Gasteiger charge is 2.23. The molecule has 2 aromatic rings. The van der Waals surface area contributed by atoms with Gasteiger partial charge in [0.1, 0.15) is 0 Å². The molecule has 0 radical (unpaired) electrons. The number of halogens is 1. The van der Waals surface area contributed by atoms with E-state index >= 15 is 0 Å². The van der Waals surface area contributed by atoms with E-state index in [0.29, 0.717) is 31.5 Å². The van der Waals surface area contributed by atoms with Crippen LogP contribution in [0.3, 0.4) is 0 Å². The van der Waals surface area contributed by atoms with Crippen LogP contribution in [-0.4, -0.2) is 53.7 Å². The van der Waals surface area contributed by atoms with Gasteiger partial charge in [-0.3, -0.25) is 19.3 Å². The Morgan fingerprint density at radius 2 is 1.71 bits per heavy atom. The number of nitrogens with one attached hydrogen (secondary N) is 2. The number of nitrogens with zero attached hydrogens (tertiary/aromatic N) is 2. The maximum Gasteiger partial charge on any atom is 0.253 e. The summed E-state index contributed by atoms with van der Waals surface area (Å²) in [6.45, 7) is 5.34. The van der Waals surface area contributed by atoms with Gasteiger partial charge in [-0.2, -0.15) is 0 Å². The highest BCUT2D eigenvalue weighted by molar-refractivity contribution is 5.98. The molecule has 31 heavy (non-hydrogen) atoms. The number of hydrogen-bond acceptors (Lipinski definition) is 4. The van der Waals surface area contributed by atoms with Crippen molar-refractivity contribution >= 4 is 41.5 Å². The van der Waals surface area contributed by atoms with Gasteiger partial charge in [-0.05, 0) is 47.9 Å². The van der Waals surface area contributed by atoms with Gasteiger partial charge in [0.15, 0.2) is 0 Å². The lowest BCUT2D eigenvalue weighted by atomic mass is 10.00. The Labute approximate surface area is 188 Å². The summed E-state index contributed by atoms with van der Waals surface area (Å²) in [4.78, 5) is 39.8. The zero-order chi connectivity index (χ0) is 21.1. The van der Waals surface area contributed by atoms with Crippen LogP contribution in [0.2, 0.25) is 0 Å². The van der Waals surface area contributed by atoms with Crippen LogP contribution in [0.4, 0.5) is 11.4 Å². The van der Waals surface area contributed by atoms with Crippen LogP contribution in [0.5, 0.6) is 0 Å². The van der Waals surface area contributed by atoms with Gasteiger partial charge in [0.25, 0.3) is 5.91 Å². The molecule has 1 fully saturated rings. The number of piperazine rings is 1. The summed E-state index contributed by atoms with van der Waals surface area (Å²) in [5, 5.41) is 5.63. The lowest BCUT2D eigenvalue weighted by Crippen LogP contribution is -2.48. The molecule has 2 N–H and O–H groups in total. The minimum absolute atomic E-state index is 0. The van der Waals surface area contributed by atoms with Crippen LogP contribution < -0.4 is 10.6 Å². The largest absolute Gasteiger partial charge is 0.336 e.